The smallest absolute Gasteiger partial charge is 0.317 e. The molecule has 0 saturated carbocycles. The van der Waals surface area contributed by atoms with Gasteiger partial charge in [-0.15, -0.1) is 0 Å². The van der Waals surface area contributed by atoms with Crippen LogP contribution in [0.5, 0.6) is 0 Å². The molecular weight excluding hydrogens is 364 g/mol. The van der Waals surface area contributed by atoms with E-state index in [2.05, 4.69) is 26.3 Å². The molecule has 3 heterocycles. The van der Waals surface area contributed by atoms with Crippen LogP contribution in [0.25, 0.3) is 0 Å². The van der Waals surface area contributed by atoms with E-state index in [0.717, 1.165) is 57.7 Å². The summed E-state index contributed by atoms with van der Waals surface area (Å²) in [5, 5.41) is 12.2. The van der Waals surface area contributed by atoms with Crippen molar-refractivity contribution in [1.29, 1.82) is 5.26 Å². The van der Waals surface area contributed by atoms with E-state index in [1.54, 1.807) is 12.4 Å². The van der Waals surface area contributed by atoms with E-state index in [0.29, 0.717) is 5.56 Å². The average Bonchev–Trinajstić information content (AvgIpc) is 3.24. The molecule has 2 amide bonds. The summed E-state index contributed by atoms with van der Waals surface area (Å²) in [4.78, 5) is 25.8. The fraction of sp³-hybridized carbons (Fsp3) is 0.455. The first-order valence-corrected chi connectivity index (χ1v) is 10.3. The number of benzene rings is 1. The first-order valence-electron chi connectivity index (χ1n) is 10.3. The van der Waals surface area contributed by atoms with Crippen molar-refractivity contribution in [3.05, 3.63) is 53.9 Å². The monoisotopic (exact) mass is 390 g/mol. The average molecular weight is 390 g/mol. The Morgan fingerprint density at radius 1 is 1.14 bits per heavy atom. The Hall–Kier alpha value is -3.14. The molecule has 1 N–H and O–H groups in total. The second kappa shape index (κ2) is 8.91. The molecule has 7 nitrogen and oxygen atoms in total. The largest absolute Gasteiger partial charge is 0.339 e. The quantitative estimate of drug-likeness (QED) is 0.868. The minimum Gasteiger partial charge on any atom is -0.339 e. The Morgan fingerprint density at radius 2 is 1.93 bits per heavy atom. The Labute approximate surface area is 171 Å². The van der Waals surface area contributed by atoms with Crippen molar-refractivity contribution < 1.29 is 4.79 Å². The molecule has 2 aliphatic rings. The highest BCUT2D eigenvalue weighted by atomic mass is 16.2. The topological polar surface area (TPSA) is 85.2 Å². The van der Waals surface area contributed by atoms with Gasteiger partial charge in [-0.25, -0.2) is 14.8 Å². The fourth-order valence-electron chi connectivity index (χ4n) is 4.24. The zero-order chi connectivity index (χ0) is 20.1. The van der Waals surface area contributed by atoms with Crippen LogP contribution in [0, 0.1) is 11.3 Å². The number of anilines is 1. The number of nitrogens with one attached hydrogen (secondary N) is 1. The Bertz CT molecular complexity index is 863. The van der Waals surface area contributed by atoms with E-state index in [-0.39, 0.29) is 18.1 Å². The molecule has 2 saturated heterocycles. The highest BCUT2D eigenvalue weighted by molar-refractivity contribution is 5.75. The standard InChI is InChI=1S/C22H26N6O/c23-15-18-7-5-17(6-8-18)14-20-4-1-2-12-28(20)22(29)26-19-9-13-27(16-19)21-24-10-3-11-25-21/h3,5-8,10-11,19-20H,1-2,4,9,12-14,16H2,(H,26,29). The molecule has 150 valence electrons. The van der Waals surface area contributed by atoms with Gasteiger partial charge in [0.25, 0.3) is 0 Å². The normalized spacial score (nSPS) is 21.6. The highest BCUT2D eigenvalue weighted by Crippen LogP contribution is 2.22. The van der Waals surface area contributed by atoms with Crippen LogP contribution >= 0.6 is 0 Å². The van der Waals surface area contributed by atoms with Gasteiger partial charge in [-0.05, 0) is 55.9 Å². The van der Waals surface area contributed by atoms with Crippen LogP contribution < -0.4 is 10.2 Å². The third-order valence-electron chi connectivity index (χ3n) is 5.79. The summed E-state index contributed by atoms with van der Waals surface area (Å²) >= 11 is 0. The number of rotatable bonds is 4. The van der Waals surface area contributed by atoms with Crippen LogP contribution in [0.3, 0.4) is 0 Å². The van der Waals surface area contributed by atoms with E-state index in [4.69, 9.17) is 5.26 Å². The van der Waals surface area contributed by atoms with Crippen molar-refractivity contribution in [3.8, 4) is 6.07 Å². The molecule has 29 heavy (non-hydrogen) atoms. The van der Waals surface area contributed by atoms with Gasteiger partial charge in [-0.1, -0.05) is 12.1 Å². The summed E-state index contributed by atoms with van der Waals surface area (Å²) in [6.45, 7) is 2.39. The zero-order valence-corrected chi connectivity index (χ0v) is 16.5. The van der Waals surface area contributed by atoms with E-state index < -0.39 is 0 Å². The van der Waals surface area contributed by atoms with Gasteiger partial charge in [0.15, 0.2) is 0 Å². The van der Waals surface area contributed by atoms with Gasteiger partial charge in [-0.3, -0.25) is 0 Å². The van der Waals surface area contributed by atoms with Gasteiger partial charge in [0.05, 0.1) is 11.6 Å². The Balaban J connectivity index is 1.35. The lowest BCUT2D eigenvalue weighted by atomic mass is 9.95. The lowest BCUT2D eigenvalue weighted by Crippen LogP contribution is -2.52. The van der Waals surface area contributed by atoms with Crippen LogP contribution in [-0.4, -0.2) is 52.6 Å². The predicted octanol–water partition coefficient (Wildman–Crippen LogP) is 2.73. The van der Waals surface area contributed by atoms with Crippen molar-refractivity contribution in [2.24, 2.45) is 0 Å². The van der Waals surface area contributed by atoms with Crippen LogP contribution in [0.2, 0.25) is 0 Å². The maximum Gasteiger partial charge on any atom is 0.317 e. The number of carbonyl (C=O) groups excluding carboxylic acids is 1. The number of nitriles is 1. The lowest BCUT2D eigenvalue weighted by Gasteiger charge is -2.36. The van der Waals surface area contributed by atoms with Gasteiger partial charge < -0.3 is 15.1 Å². The number of piperidine rings is 1. The number of amides is 2. The highest BCUT2D eigenvalue weighted by Gasteiger charge is 2.31. The van der Waals surface area contributed by atoms with Crippen LogP contribution in [0.15, 0.2) is 42.7 Å². The van der Waals surface area contributed by atoms with Crippen molar-refractivity contribution >= 4 is 12.0 Å². The van der Waals surface area contributed by atoms with Crippen molar-refractivity contribution in [3.63, 3.8) is 0 Å². The minimum atomic E-state index is 0.0316. The lowest BCUT2D eigenvalue weighted by molar-refractivity contribution is 0.148. The second-order valence-electron chi connectivity index (χ2n) is 7.79. The summed E-state index contributed by atoms with van der Waals surface area (Å²) < 4.78 is 0. The van der Waals surface area contributed by atoms with Gasteiger partial charge in [0.1, 0.15) is 0 Å². The third kappa shape index (κ3) is 4.65. The van der Waals surface area contributed by atoms with Crippen LogP contribution in [0.4, 0.5) is 10.7 Å². The number of hydrogen-bond donors (Lipinski definition) is 1. The Morgan fingerprint density at radius 3 is 2.69 bits per heavy atom. The first-order chi connectivity index (χ1) is 14.2. The van der Waals surface area contributed by atoms with Crippen molar-refractivity contribution in [2.75, 3.05) is 24.5 Å². The molecule has 0 spiro atoms. The maximum atomic E-state index is 13.0. The number of hydrogen-bond acceptors (Lipinski definition) is 5. The molecule has 2 aliphatic heterocycles. The molecule has 4 rings (SSSR count). The fourth-order valence-corrected chi connectivity index (χ4v) is 4.24. The van der Waals surface area contributed by atoms with Crippen LogP contribution in [-0.2, 0) is 6.42 Å². The molecule has 2 aromatic rings. The predicted molar refractivity (Wildman–Crippen MR) is 110 cm³/mol. The third-order valence-corrected chi connectivity index (χ3v) is 5.79. The first kappa shape index (κ1) is 19.2. The summed E-state index contributed by atoms with van der Waals surface area (Å²) in [5.74, 6) is 0.723. The molecule has 2 fully saturated rings. The van der Waals surface area contributed by atoms with E-state index in [1.807, 2.05) is 35.2 Å². The number of aromatic nitrogens is 2. The number of urea groups is 1. The SMILES string of the molecule is N#Cc1ccc(CC2CCCCN2C(=O)NC2CCN(c3ncccn3)C2)cc1. The summed E-state index contributed by atoms with van der Waals surface area (Å²) in [7, 11) is 0. The number of likely N-dealkylation sites (tertiary alicyclic amines) is 1. The minimum absolute atomic E-state index is 0.0316. The molecule has 0 radical (unpaired) electrons. The van der Waals surface area contributed by atoms with E-state index in [1.165, 1.54) is 5.56 Å². The number of carbonyl (C=O) groups is 1. The van der Waals surface area contributed by atoms with Gasteiger partial charge in [0, 0.05) is 44.1 Å². The molecule has 0 aliphatic carbocycles. The molecule has 2 unspecified atom stereocenters. The van der Waals surface area contributed by atoms with Gasteiger partial charge in [0.2, 0.25) is 5.95 Å². The summed E-state index contributed by atoms with van der Waals surface area (Å²) in [6.07, 6.45) is 8.43. The van der Waals surface area contributed by atoms with Gasteiger partial charge in [-0.2, -0.15) is 5.26 Å². The van der Waals surface area contributed by atoms with Crippen molar-refractivity contribution in [1.82, 2.24) is 20.2 Å². The Kier molecular flexibility index (Phi) is 5.89. The molecule has 7 heteroatoms. The molecular formula is C22H26N6O. The molecule has 1 aromatic carbocycles. The number of nitrogens with zero attached hydrogens (tertiary/aromatic N) is 5. The summed E-state index contributed by atoms with van der Waals surface area (Å²) in [6, 6.07) is 12.0. The molecule has 1 aromatic heterocycles. The molecule has 0 bridgehead atoms. The van der Waals surface area contributed by atoms with E-state index >= 15 is 0 Å². The van der Waals surface area contributed by atoms with Crippen molar-refractivity contribution in [2.45, 2.75) is 44.2 Å². The zero-order valence-electron chi connectivity index (χ0n) is 16.5. The summed E-state index contributed by atoms with van der Waals surface area (Å²) in [5.41, 5.74) is 1.84. The van der Waals surface area contributed by atoms with Gasteiger partial charge >= 0.3 is 6.03 Å². The van der Waals surface area contributed by atoms with E-state index in [9.17, 15) is 4.79 Å². The molecule has 2 atom stereocenters. The maximum absolute atomic E-state index is 13.0. The second-order valence-corrected chi connectivity index (χ2v) is 7.79. The van der Waals surface area contributed by atoms with Crippen LogP contribution in [0.1, 0.15) is 36.8 Å².